The number of fused-ring (bicyclic) bond motifs is 1. The second-order valence-electron chi connectivity index (χ2n) is 8.55. The van der Waals surface area contributed by atoms with Crippen LogP contribution in [0.25, 0.3) is 0 Å². The molecule has 0 fully saturated rings. The lowest BCUT2D eigenvalue weighted by atomic mass is 9.79. The third-order valence-corrected chi connectivity index (χ3v) is 6.67. The summed E-state index contributed by atoms with van der Waals surface area (Å²) in [4.78, 5) is 0.135. The largest absolute Gasteiger partial charge is 0.465 e. The summed E-state index contributed by atoms with van der Waals surface area (Å²) in [6.07, 6.45) is 1.67. The van der Waals surface area contributed by atoms with E-state index in [2.05, 4.69) is 42.1 Å². The number of benzene rings is 2. The minimum absolute atomic E-state index is 0.0671. The fourth-order valence-electron chi connectivity index (χ4n) is 3.52. The van der Waals surface area contributed by atoms with Crippen LogP contribution in [-0.2, 0) is 31.9 Å². The molecule has 0 heterocycles. The van der Waals surface area contributed by atoms with Gasteiger partial charge in [0.05, 0.1) is 18.1 Å². The lowest BCUT2D eigenvalue weighted by Gasteiger charge is -2.26. The van der Waals surface area contributed by atoms with Gasteiger partial charge < -0.3 is 9.47 Å². The Kier molecular flexibility index (Phi) is 9.50. The zero-order valence-corrected chi connectivity index (χ0v) is 21.1. The average Bonchev–Trinajstić information content (AvgIpc) is 3.17. The van der Waals surface area contributed by atoms with Crippen molar-refractivity contribution < 1.29 is 22.1 Å². The van der Waals surface area contributed by atoms with E-state index < -0.39 is 16.4 Å². The molecular formula is C24H35O5PS. The van der Waals surface area contributed by atoms with Crippen molar-refractivity contribution >= 4 is 19.4 Å². The molecular weight excluding hydrogens is 431 g/mol. The van der Waals surface area contributed by atoms with Gasteiger partial charge in [-0.2, -0.15) is 8.42 Å². The van der Waals surface area contributed by atoms with Crippen molar-refractivity contribution in [2.24, 2.45) is 11.3 Å². The van der Waals surface area contributed by atoms with Crippen LogP contribution >= 0.6 is 9.24 Å². The molecule has 7 heteroatoms. The second kappa shape index (κ2) is 11.4. The Bertz CT molecular complexity index is 923. The van der Waals surface area contributed by atoms with E-state index in [0.717, 1.165) is 18.6 Å². The Morgan fingerprint density at radius 3 is 2.29 bits per heavy atom. The minimum Gasteiger partial charge on any atom is -0.465 e. The Balaban J connectivity index is 0.00000166. The monoisotopic (exact) mass is 466 g/mol. The van der Waals surface area contributed by atoms with Gasteiger partial charge in [0.25, 0.3) is 10.1 Å². The first-order chi connectivity index (χ1) is 14.6. The molecule has 0 saturated carbocycles. The van der Waals surface area contributed by atoms with Gasteiger partial charge in [-0.15, -0.1) is 9.24 Å². The maximum absolute atomic E-state index is 12.1. The molecule has 0 spiro atoms. The maximum atomic E-state index is 12.1. The molecule has 3 atom stereocenters. The molecule has 0 aromatic heterocycles. The Hall–Kier alpha value is -1.46. The van der Waals surface area contributed by atoms with Crippen molar-refractivity contribution in [1.82, 2.24) is 0 Å². The van der Waals surface area contributed by atoms with Crippen molar-refractivity contribution in [2.75, 3.05) is 19.9 Å². The number of ether oxygens (including phenoxy) is 2. The minimum atomic E-state index is -3.76. The normalized spacial score (nSPS) is 16.8. The highest BCUT2D eigenvalue weighted by Crippen LogP contribution is 2.39. The van der Waals surface area contributed by atoms with E-state index in [9.17, 15) is 8.42 Å². The van der Waals surface area contributed by atoms with Crippen LogP contribution in [0.3, 0.4) is 0 Å². The van der Waals surface area contributed by atoms with Gasteiger partial charge in [0, 0.05) is 0 Å². The first-order valence-electron chi connectivity index (χ1n) is 10.6. The topological polar surface area (TPSA) is 61.8 Å². The Labute approximate surface area is 189 Å². The molecule has 1 aliphatic carbocycles. The van der Waals surface area contributed by atoms with Crippen molar-refractivity contribution in [3.8, 4) is 5.75 Å². The van der Waals surface area contributed by atoms with E-state index in [1.165, 1.54) is 23.3 Å². The molecule has 31 heavy (non-hydrogen) atoms. The van der Waals surface area contributed by atoms with Crippen LogP contribution < -0.4 is 4.74 Å². The van der Waals surface area contributed by atoms with E-state index in [-0.39, 0.29) is 23.5 Å². The SMILES string of the molecule is CC(OCCOS(=O)(=O)c1ccccc1)Oc1ccc2c(c1)CC(C(C)(C)C)C2.CP. The summed E-state index contributed by atoms with van der Waals surface area (Å²) >= 11 is 0. The third kappa shape index (κ3) is 7.57. The van der Waals surface area contributed by atoms with Crippen LogP contribution in [0.15, 0.2) is 53.4 Å². The van der Waals surface area contributed by atoms with Gasteiger partial charge in [0.1, 0.15) is 5.75 Å². The van der Waals surface area contributed by atoms with Crippen molar-refractivity contribution in [3.63, 3.8) is 0 Å². The summed E-state index contributed by atoms with van der Waals surface area (Å²) in [5.74, 6) is 1.41. The van der Waals surface area contributed by atoms with Crippen molar-refractivity contribution in [2.45, 2.75) is 51.7 Å². The zero-order chi connectivity index (χ0) is 23.1. The number of hydrogen-bond donors (Lipinski definition) is 0. The number of rotatable bonds is 8. The van der Waals surface area contributed by atoms with Gasteiger partial charge in [0.2, 0.25) is 0 Å². The predicted octanol–water partition coefficient (Wildman–Crippen LogP) is 5.09. The highest BCUT2D eigenvalue weighted by atomic mass is 32.2. The summed E-state index contributed by atoms with van der Waals surface area (Å²) in [7, 11) is -1.35. The quantitative estimate of drug-likeness (QED) is 0.235. The van der Waals surface area contributed by atoms with Crippen LogP contribution in [0.1, 0.15) is 38.8 Å². The maximum Gasteiger partial charge on any atom is 0.297 e. The summed E-state index contributed by atoms with van der Waals surface area (Å²) in [6, 6.07) is 14.3. The molecule has 3 unspecified atom stereocenters. The summed E-state index contributed by atoms with van der Waals surface area (Å²) in [5.41, 5.74) is 3.02. The summed E-state index contributed by atoms with van der Waals surface area (Å²) in [6.45, 7) is 10.6. The van der Waals surface area contributed by atoms with Crippen LogP contribution in [0.5, 0.6) is 5.75 Å². The Morgan fingerprint density at radius 2 is 1.65 bits per heavy atom. The molecule has 0 N–H and O–H groups in total. The molecule has 3 rings (SSSR count). The van der Waals surface area contributed by atoms with Crippen LogP contribution in [0.4, 0.5) is 0 Å². The zero-order valence-electron chi connectivity index (χ0n) is 19.1. The first-order valence-corrected chi connectivity index (χ1v) is 13.1. The van der Waals surface area contributed by atoms with E-state index in [1.54, 1.807) is 25.1 Å². The van der Waals surface area contributed by atoms with Crippen LogP contribution in [-0.4, -0.2) is 34.6 Å². The van der Waals surface area contributed by atoms with Crippen LogP contribution in [0, 0.1) is 11.3 Å². The lowest BCUT2D eigenvalue weighted by Crippen LogP contribution is -2.20. The number of hydrogen-bond acceptors (Lipinski definition) is 5. The van der Waals surface area contributed by atoms with Gasteiger partial charge in [0.15, 0.2) is 6.29 Å². The second-order valence-corrected chi connectivity index (χ2v) is 10.2. The van der Waals surface area contributed by atoms with Gasteiger partial charge in [-0.05, 0) is 66.5 Å². The highest BCUT2D eigenvalue weighted by molar-refractivity contribution is 7.86. The molecule has 2 aromatic rings. The Morgan fingerprint density at radius 1 is 1.00 bits per heavy atom. The molecule has 172 valence electrons. The van der Waals surface area contributed by atoms with E-state index in [4.69, 9.17) is 13.7 Å². The van der Waals surface area contributed by atoms with E-state index in [0.29, 0.717) is 5.92 Å². The fraction of sp³-hybridized carbons (Fsp3) is 0.500. The molecule has 1 aliphatic rings. The predicted molar refractivity (Wildman–Crippen MR) is 128 cm³/mol. The van der Waals surface area contributed by atoms with Crippen LogP contribution in [0.2, 0.25) is 0 Å². The molecule has 0 saturated heterocycles. The van der Waals surface area contributed by atoms with E-state index >= 15 is 0 Å². The van der Waals surface area contributed by atoms with Gasteiger partial charge in [-0.1, -0.05) is 51.7 Å². The third-order valence-electron chi connectivity index (χ3n) is 5.34. The molecule has 0 aliphatic heterocycles. The molecule has 5 nitrogen and oxygen atoms in total. The van der Waals surface area contributed by atoms with Gasteiger partial charge in [-0.3, -0.25) is 4.18 Å². The lowest BCUT2D eigenvalue weighted by molar-refractivity contribution is -0.0735. The molecule has 2 aromatic carbocycles. The van der Waals surface area contributed by atoms with Gasteiger partial charge >= 0.3 is 0 Å². The highest BCUT2D eigenvalue weighted by Gasteiger charge is 2.31. The van der Waals surface area contributed by atoms with Crippen molar-refractivity contribution in [1.29, 1.82) is 0 Å². The standard InChI is InChI=1S/C23H30O5S.CH5P/c1-17(26-12-13-27-29(24,25)22-8-6-5-7-9-22)28-21-11-10-18-14-20(23(2,3)4)15-19(18)16-21;1-2/h5-11,16-17,20H,12-15H2,1-4H3;2H2,1H3. The smallest absolute Gasteiger partial charge is 0.297 e. The summed E-state index contributed by atoms with van der Waals surface area (Å²) in [5, 5.41) is 0. The first kappa shape index (κ1) is 25.8. The molecule has 0 radical (unpaired) electrons. The van der Waals surface area contributed by atoms with Gasteiger partial charge in [-0.25, -0.2) is 0 Å². The molecule has 0 amide bonds. The molecule has 0 bridgehead atoms. The van der Waals surface area contributed by atoms with Crippen molar-refractivity contribution in [3.05, 3.63) is 59.7 Å². The average molecular weight is 467 g/mol. The fourth-order valence-corrected chi connectivity index (χ4v) is 4.43. The summed E-state index contributed by atoms with van der Waals surface area (Å²) < 4.78 is 40.6. The van der Waals surface area contributed by atoms with E-state index in [1.807, 2.05) is 12.7 Å².